The number of nitrogens with one attached hydrogen (secondary N) is 2. The van der Waals surface area contributed by atoms with Gasteiger partial charge in [0, 0.05) is 17.9 Å². The first-order valence-electron chi connectivity index (χ1n) is 9.63. The molecule has 0 spiro atoms. The zero-order chi connectivity index (χ0) is 19.2. The van der Waals surface area contributed by atoms with Crippen LogP contribution in [0.4, 0.5) is 11.5 Å². The number of hydrogen-bond acceptors (Lipinski definition) is 4. The van der Waals surface area contributed by atoms with Gasteiger partial charge in [-0.3, -0.25) is 4.79 Å². The number of carbonyl (C=O) groups excluding carboxylic acids is 1. The molecule has 1 aliphatic rings. The molecule has 28 heavy (non-hydrogen) atoms. The summed E-state index contributed by atoms with van der Waals surface area (Å²) in [5, 5.41) is 6.31. The van der Waals surface area contributed by atoms with Crippen LogP contribution >= 0.6 is 0 Å². The molecule has 0 unspecified atom stereocenters. The van der Waals surface area contributed by atoms with Gasteiger partial charge < -0.3 is 15.4 Å². The predicted molar refractivity (Wildman–Crippen MR) is 111 cm³/mol. The summed E-state index contributed by atoms with van der Waals surface area (Å²) in [7, 11) is 0. The fourth-order valence-electron chi connectivity index (χ4n) is 3.33. The molecule has 0 radical (unpaired) electrons. The molecule has 142 valence electrons. The monoisotopic (exact) mass is 373 g/mol. The number of carbonyl (C=O) groups is 1. The molecule has 1 fully saturated rings. The van der Waals surface area contributed by atoms with E-state index < -0.39 is 0 Å². The number of anilines is 2. The Bertz CT molecular complexity index is 903. The Morgan fingerprint density at radius 1 is 0.893 bits per heavy atom. The topological polar surface area (TPSA) is 63.2 Å². The molecule has 1 amide bonds. The maximum atomic E-state index is 12.4. The SMILES string of the molecule is O=C(Nc1ccc(Oc2ccccc2)cc1)c1ccc(NC2CCCC2)nc1. The van der Waals surface area contributed by atoms with Gasteiger partial charge in [0.2, 0.25) is 0 Å². The van der Waals surface area contributed by atoms with E-state index >= 15 is 0 Å². The Morgan fingerprint density at radius 3 is 2.29 bits per heavy atom. The molecule has 5 heteroatoms. The van der Waals surface area contributed by atoms with Gasteiger partial charge in [0.1, 0.15) is 17.3 Å². The lowest BCUT2D eigenvalue weighted by molar-refractivity contribution is 0.102. The van der Waals surface area contributed by atoms with Crippen molar-refractivity contribution in [3.8, 4) is 11.5 Å². The van der Waals surface area contributed by atoms with Crippen LogP contribution < -0.4 is 15.4 Å². The van der Waals surface area contributed by atoms with Gasteiger partial charge in [-0.15, -0.1) is 0 Å². The van der Waals surface area contributed by atoms with Crippen molar-refractivity contribution >= 4 is 17.4 Å². The lowest BCUT2D eigenvalue weighted by Crippen LogP contribution is -2.16. The van der Waals surface area contributed by atoms with Crippen molar-refractivity contribution < 1.29 is 9.53 Å². The molecule has 4 rings (SSSR count). The Kier molecular flexibility index (Phi) is 5.52. The summed E-state index contributed by atoms with van der Waals surface area (Å²) in [5.74, 6) is 2.13. The lowest BCUT2D eigenvalue weighted by atomic mass is 10.2. The molecule has 2 aromatic carbocycles. The van der Waals surface area contributed by atoms with Crippen LogP contribution in [0.3, 0.4) is 0 Å². The molecule has 0 saturated heterocycles. The second kappa shape index (κ2) is 8.57. The average Bonchev–Trinajstić information content (AvgIpc) is 3.24. The Balaban J connectivity index is 1.33. The van der Waals surface area contributed by atoms with E-state index in [0.717, 1.165) is 11.6 Å². The van der Waals surface area contributed by atoms with Crippen LogP contribution in [0.25, 0.3) is 0 Å². The van der Waals surface area contributed by atoms with Gasteiger partial charge in [-0.05, 0) is 61.4 Å². The number of rotatable bonds is 6. The molecule has 2 N–H and O–H groups in total. The van der Waals surface area contributed by atoms with Gasteiger partial charge in [0.15, 0.2) is 0 Å². The number of pyridine rings is 1. The summed E-state index contributed by atoms with van der Waals surface area (Å²) in [4.78, 5) is 16.8. The maximum Gasteiger partial charge on any atom is 0.257 e. The summed E-state index contributed by atoms with van der Waals surface area (Å²) >= 11 is 0. The number of nitrogens with zero attached hydrogens (tertiary/aromatic N) is 1. The molecule has 1 aromatic heterocycles. The van der Waals surface area contributed by atoms with E-state index in [4.69, 9.17) is 4.74 Å². The van der Waals surface area contributed by atoms with Crippen molar-refractivity contribution in [2.24, 2.45) is 0 Å². The van der Waals surface area contributed by atoms with E-state index in [1.165, 1.54) is 25.7 Å². The van der Waals surface area contributed by atoms with Crippen LogP contribution in [0.15, 0.2) is 72.9 Å². The molecule has 0 aliphatic heterocycles. The third kappa shape index (κ3) is 4.68. The molecule has 5 nitrogen and oxygen atoms in total. The van der Waals surface area contributed by atoms with Crippen molar-refractivity contribution in [1.82, 2.24) is 4.98 Å². The number of para-hydroxylation sites is 1. The summed E-state index contributed by atoms with van der Waals surface area (Å²) in [6.45, 7) is 0. The second-order valence-electron chi connectivity index (χ2n) is 6.95. The summed E-state index contributed by atoms with van der Waals surface area (Å²) < 4.78 is 5.76. The molecule has 0 atom stereocenters. The van der Waals surface area contributed by atoms with E-state index in [-0.39, 0.29) is 5.91 Å². The van der Waals surface area contributed by atoms with Crippen molar-refractivity contribution in [2.75, 3.05) is 10.6 Å². The second-order valence-corrected chi connectivity index (χ2v) is 6.95. The van der Waals surface area contributed by atoms with Crippen molar-refractivity contribution in [3.05, 3.63) is 78.5 Å². The number of aromatic nitrogens is 1. The normalized spacial score (nSPS) is 13.9. The smallest absolute Gasteiger partial charge is 0.257 e. The summed E-state index contributed by atoms with van der Waals surface area (Å²) in [5.41, 5.74) is 1.24. The van der Waals surface area contributed by atoms with Crippen molar-refractivity contribution in [1.29, 1.82) is 0 Å². The lowest BCUT2D eigenvalue weighted by Gasteiger charge is -2.12. The van der Waals surface area contributed by atoms with Crippen LogP contribution in [0.5, 0.6) is 11.5 Å². The van der Waals surface area contributed by atoms with Crippen molar-refractivity contribution in [2.45, 2.75) is 31.7 Å². The third-order valence-corrected chi connectivity index (χ3v) is 4.82. The minimum absolute atomic E-state index is 0.184. The van der Waals surface area contributed by atoms with Crippen LogP contribution in [0.2, 0.25) is 0 Å². The third-order valence-electron chi connectivity index (χ3n) is 4.82. The number of amides is 1. The molecule has 0 bridgehead atoms. The molecule has 1 aliphatic carbocycles. The largest absolute Gasteiger partial charge is 0.457 e. The standard InChI is InChI=1S/C23H23N3O2/c27-23(17-10-15-22(24-16-17)25-18-6-4-5-7-18)26-19-11-13-21(14-12-19)28-20-8-2-1-3-9-20/h1-3,8-16,18H,4-7H2,(H,24,25)(H,26,27). The number of hydrogen-bond donors (Lipinski definition) is 2. The first-order chi connectivity index (χ1) is 13.8. The summed E-state index contributed by atoms with van der Waals surface area (Å²) in [6, 6.07) is 21.0. The molecule has 1 saturated carbocycles. The van der Waals surface area contributed by atoms with Gasteiger partial charge in [0.05, 0.1) is 5.56 Å². The Labute approximate surface area is 164 Å². The zero-order valence-electron chi connectivity index (χ0n) is 15.6. The zero-order valence-corrected chi connectivity index (χ0v) is 15.6. The molecule has 1 heterocycles. The minimum atomic E-state index is -0.184. The Hall–Kier alpha value is -3.34. The summed E-state index contributed by atoms with van der Waals surface area (Å²) in [6.07, 6.45) is 6.53. The maximum absolute atomic E-state index is 12.4. The fraction of sp³-hybridized carbons (Fsp3) is 0.217. The van der Waals surface area contributed by atoms with Crippen LogP contribution in [-0.2, 0) is 0 Å². The highest BCUT2D eigenvalue weighted by Gasteiger charge is 2.15. The average molecular weight is 373 g/mol. The number of ether oxygens (including phenoxy) is 1. The first-order valence-corrected chi connectivity index (χ1v) is 9.63. The highest BCUT2D eigenvalue weighted by molar-refractivity contribution is 6.04. The predicted octanol–water partition coefficient (Wildman–Crippen LogP) is 5.48. The van der Waals surface area contributed by atoms with Gasteiger partial charge in [-0.25, -0.2) is 4.98 Å². The molecule has 3 aromatic rings. The minimum Gasteiger partial charge on any atom is -0.457 e. The van der Waals surface area contributed by atoms with E-state index in [9.17, 15) is 4.79 Å². The quantitative estimate of drug-likeness (QED) is 0.600. The van der Waals surface area contributed by atoms with E-state index in [1.807, 2.05) is 60.7 Å². The van der Waals surface area contributed by atoms with Crippen molar-refractivity contribution in [3.63, 3.8) is 0 Å². The van der Waals surface area contributed by atoms with E-state index in [2.05, 4.69) is 15.6 Å². The first kappa shape index (κ1) is 18.0. The van der Waals surface area contributed by atoms with Crippen LogP contribution in [0.1, 0.15) is 36.0 Å². The highest BCUT2D eigenvalue weighted by atomic mass is 16.5. The van der Waals surface area contributed by atoms with Gasteiger partial charge in [0.25, 0.3) is 5.91 Å². The Morgan fingerprint density at radius 2 is 1.61 bits per heavy atom. The van der Waals surface area contributed by atoms with E-state index in [0.29, 0.717) is 23.0 Å². The molecular formula is C23H23N3O2. The highest BCUT2D eigenvalue weighted by Crippen LogP contribution is 2.23. The van der Waals surface area contributed by atoms with Crippen LogP contribution in [-0.4, -0.2) is 16.9 Å². The molecular weight excluding hydrogens is 350 g/mol. The number of benzene rings is 2. The van der Waals surface area contributed by atoms with E-state index in [1.54, 1.807) is 12.3 Å². The fourth-order valence-corrected chi connectivity index (χ4v) is 3.33. The van der Waals surface area contributed by atoms with Crippen LogP contribution in [0, 0.1) is 0 Å². The van der Waals surface area contributed by atoms with Gasteiger partial charge in [-0.1, -0.05) is 31.0 Å². The van der Waals surface area contributed by atoms with Gasteiger partial charge >= 0.3 is 0 Å². The van der Waals surface area contributed by atoms with Gasteiger partial charge in [-0.2, -0.15) is 0 Å².